The summed E-state index contributed by atoms with van der Waals surface area (Å²) in [7, 11) is 0. The predicted molar refractivity (Wildman–Crippen MR) is 306 cm³/mol. The monoisotopic (exact) mass is 1040 g/mol. The topological polar surface area (TPSA) is 175 Å². The number of unbranched alkanes of at least 4 members (excludes halogenated alkanes) is 26. The quantitative estimate of drug-likeness (QED) is 0.0195. The Balaban J connectivity index is 2.73. The normalized spacial score (nSPS) is 19.8. The molecule has 1 fully saturated rings. The van der Waals surface area contributed by atoms with Crippen LogP contribution in [0.1, 0.15) is 252 Å². The molecular weight excluding hydrogens is 931 g/mol. The molecule has 0 bridgehead atoms. The summed E-state index contributed by atoms with van der Waals surface area (Å²) in [6.07, 6.45) is 53.6. The lowest BCUT2D eigenvalue weighted by atomic mass is 9.99. The molecule has 6 N–H and O–H groups in total. The van der Waals surface area contributed by atoms with E-state index in [1.807, 2.05) is 6.08 Å². The van der Waals surface area contributed by atoms with Crippen molar-refractivity contribution in [1.29, 1.82) is 0 Å². The molecule has 1 rings (SSSR count). The third-order valence-corrected chi connectivity index (χ3v) is 13.8. The number of carbonyl (C=O) groups is 2. The molecule has 0 aliphatic carbocycles. The van der Waals surface area contributed by atoms with Gasteiger partial charge >= 0.3 is 5.97 Å². The van der Waals surface area contributed by atoms with Crippen molar-refractivity contribution in [3.63, 3.8) is 0 Å². The SMILES string of the molecule is CCCCC/C=C\C/C=C\C/C=C\CCCCCCC(=O)OC1C(OCC(NC(=O)C(O)CCCCCCCC/C=C\C/C=C\CCCCC)C(O)/C=C/CCCCCCCCCCCC)OC(CO)C(O)C1O. The lowest BCUT2D eigenvalue weighted by molar-refractivity contribution is -0.305. The van der Waals surface area contributed by atoms with Gasteiger partial charge in [0.2, 0.25) is 5.91 Å². The van der Waals surface area contributed by atoms with Crippen molar-refractivity contribution < 1.29 is 49.3 Å². The van der Waals surface area contributed by atoms with Crippen LogP contribution in [0.15, 0.2) is 72.9 Å². The minimum Gasteiger partial charge on any atom is -0.454 e. The first-order valence-electron chi connectivity index (χ1n) is 30.2. The maximum absolute atomic E-state index is 13.4. The Morgan fingerprint density at radius 3 is 1.42 bits per heavy atom. The molecule has 11 heteroatoms. The van der Waals surface area contributed by atoms with Gasteiger partial charge in [0.25, 0.3) is 0 Å². The Kier molecular flexibility index (Phi) is 47.5. The number of esters is 1. The lowest BCUT2D eigenvalue weighted by Gasteiger charge is -2.41. The average molecular weight is 1040 g/mol. The van der Waals surface area contributed by atoms with Gasteiger partial charge in [-0.1, -0.05) is 222 Å². The fourth-order valence-corrected chi connectivity index (χ4v) is 8.98. The molecule has 1 amide bonds. The van der Waals surface area contributed by atoms with Crippen LogP contribution in [0.25, 0.3) is 0 Å². The van der Waals surface area contributed by atoms with Crippen molar-refractivity contribution in [1.82, 2.24) is 5.32 Å². The standard InChI is InChI=1S/C63H111NO10/c1-4-7-10-13-16-19-22-25-27-29-31-33-36-39-42-45-48-51-58(68)74-61-60(70)59(69)57(52-65)73-63(61)72-53-54(55(66)49-46-43-40-37-34-24-21-18-15-12-9-6-3)64-62(71)56(67)50-47-44-41-38-35-32-30-28-26-23-20-17-14-11-8-5-2/h16-17,19-20,25-28,31,33,46,49,54-57,59-61,63,65-67,69-70H,4-15,18,21-24,29-30,32,34-45,47-48,50-53H2,1-3H3,(H,64,71)/b19-16-,20-17-,27-25-,28-26-,33-31-,49-46+. The van der Waals surface area contributed by atoms with Crippen LogP contribution in [0.2, 0.25) is 0 Å². The van der Waals surface area contributed by atoms with E-state index in [-0.39, 0.29) is 19.4 Å². The molecule has 1 heterocycles. The smallest absolute Gasteiger partial charge is 0.306 e. The Bertz CT molecular complexity index is 1480. The van der Waals surface area contributed by atoms with Crippen LogP contribution >= 0.6 is 0 Å². The summed E-state index contributed by atoms with van der Waals surface area (Å²) in [6.45, 7) is 5.71. The summed E-state index contributed by atoms with van der Waals surface area (Å²) in [6, 6.07) is -1.04. The molecule has 11 nitrogen and oxygen atoms in total. The van der Waals surface area contributed by atoms with Gasteiger partial charge < -0.3 is 45.1 Å². The van der Waals surface area contributed by atoms with Crippen molar-refractivity contribution in [2.24, 2.45) is 0 Å². The van der Waals surface area contributed by atoms with E-state index >= 15 is 0 Å². The van der Waals surface area contributed by atoms with Crippen molar-refractivity contribution in [3.05, 3.63) is 72.9 Å². The van der Waals surface area contributed by atoms with E-state index in [4.69, 9.17) is 14.2 Å². The van der Waals surface area contributed by atoms with Crippen LogP contribution in [0.5, 0.6) is 0 Å². The lowest BCUT2D eigenvalue weighted by Crippen LogP contribution is -2.61. The number of allylic oxidation sites excluding steroid dienone is 11. The fraction of sp³-hybridized carbons (Fsp3) is 0.778. The summed E-state index contributed by atoms with van der Waals surface area (Å²) >= 11 is 0. The van der Waals surface area contributed by atoms with Gasteiger partial charge in [0, 0.05) is 6.42 Å². The maximum Gasteiger partial charge on any atom is 0.306 e. The number of hydrogen-bond donors (Lipinski definition) is 6. The number of rotatable bonds is 50. The molecule has 0 saturated carbocycles. The van der Waals surface area contributed by atoms with Crippen LogP contribution in [-0.4, -0.2) is 99.6 Å². The summed E-state index contributed by atoms with van der Waals surface area (Å²) < 4.78 is 17.6. The van der Waals surface area contributed by atoms with Crippen molar-refractivity contribution in [2.75, 3.05) is 13.2 Å². The summed E-state index contributed by atoms with van der Waals surface area (Å²) in [5.74, 6) is -1.23. The summed E-state index contributed by atoms with van der Waals surface area (Å²) in [4.78, 5) is 26.5. The molecule has 0 spiro atoms. The number of ether oxygens (including phenoxy) is 3. The van der Waals surface area contributed by atoms with Crippen LogP contribution in [-0.2, 0) is 23.8 Å². The van der Waals surface area contributed by atoms with Gasteiger partial charge in [0.1, 0.15) is 24.4 Å². The highest BCUT2D eigenvalue weighted by molar-refractivity contribution is 5.80. The second-order valence-electron chi connectivity index (χ2n) is 20.7. The largest absolute Gasteiger partial charge is 0.454 e. The highest BCUT2D eigenvalue weighted by Gasteiger charge is 2.47. The number of nitrogens with one attached hydrogen (secondary N) is 1. The number of aliphatic hydroxyl groups excluding tert-OH is 5. The van der Waals surface area contributed by atoms with E-state index in [0.29, 0.717) is 12.8 Å². The van der Waals surface area contributed by atoms with Crippen molar-refractivity contribution in [2.45, 2.75) is 301 Å². The first-order valence-corrected chi connectivity index (χ1v) is 30.2. The second-order valence-corrected chi connectivity index (χ2v) is 20.7. The maximum atomic E-state index is 13.4. The number of hydrogen-bond acceptors (Lipinski definition) is 10. The Labute approximate surface area is 451 Å². The van der Waals surface area contributed by atoms with Crippen molar-refractivity contribution >= 4 is 11.9 Å². The predicted octanol–water partition coefficient (Wildman–Crippen LogP) is 14.0. The van der Waals surface area contributed by atoms with E-state index in [0.717, 1.165) is 109 Å². The zero-order chi connectivity index (χ0) is 54.0. The molecule has 0 aromatic rings. The molecular formula is C63H111NO10. The number of amides is 1. The molecule has 0 aromatic heterocycles. The van der Waals surface area contributed by atoms with Gasteiger partial charge in [-0.25, -0.2) is 0 Å². The first kappa shape index (κ1) is 69.1. The van der Waals surface area contributed by atoms with Gasteiger partial charge in [-0.05, 0) is 96.3 Å². The molecule has 1 aliphatic heterocycles. The van der Waals surface area contributed by atoms with Gasteiger partial charge in [-0.3, -0.25) is 9.59 Å². The van der Waals surface area contributed by atoms with Crippen molar-refractivity contribution in [3.8, 4) is 0 Å². The average Bonchev–Trinajstić information content (AvgIpc) is 3.40. The Morgan fingerprint density at radius 1 is 0.527 bits per heavy atom. The molecule has 1 aliphatic rings. The van der Waals surface area contributed by atoms with E-state index in [2.05, 4.69) is 86.8 Å². The number of aliphatic hydroxyl groups is 5. The van der Waals surface area contributed by atoms with E-state index in [1.54, 1.807) is 6.08 Å². The van der Waals surface area contributed by atoms with Gasteiger partial charge in [-0.15, -0.1) is 0 Å². The highest BCUT2D eigenvalue weighted by atomic mass is 16.7. The molecule has 428 valence electrons. The summed E-state index contributed by atoms with van der Waals surface area (Å²) in [5, 5.41) is 56.9. The zero-order valence-corrected chi connectivity index (χ0v) is 47.2. The third kappa shape index (κ3) is 38.6. The van der Waals surface area contributed by atoms with Crippen LogP contribution in [0.3, 0.4) is 0 Å². The first-order chi connectivity index (χ1) is 36.2. The zero-order valence-electron chi connectivity index (χ0n) is 47.2. The minimum atomic E-state index is -1.63. The van der Waals surface area contributed by atoms with Crippen LogP contribution in [0.4, 0.5) is 0 Å². The van der Waals surface area contributed by atoms with Gasteiger partial charge in [0.15, 0.2) is 12.4 Å². The summed E-state index contributed by atoms with van der Waals surface area (Å²) in [5.41, 5.74) is 0. The van der Waals surface area contributed by atoms with E-state index in [9.17, 15) is 35.1 Å². The molecule has 0 radical (unpaired) electrons. The highest BCUT2D eigenvalue weighted by Crippen LogP contribution is 2.26. The van der Waals surface area contributed by atoms with Crippen LogP contribution in [0, 0.1) is 0 Å². The number of carbonyl (C=O) groups excluding carboxylic acids is 2. The molecule has 74 heavy (non-hydrogen) atoms. The molecule has 8 atom stereocenters. The Morgan fingerprint density at radius 2 is 0.932 bits per heavy atom. The molecule has 8 unspecified atom stereocenters. The van der Waals surface area contributed by atoms with Crippen LogP contribution < -0.4 is 5.32 Å². The van der Waals surface area contributed by atoms with E-state index in [1.165, 1.54) is 96.3 Å². The van der Waals surface area contributed by atoms with Gasteiger partial charge in [0.05, 0.1) is 25.4 Å². The molecule has 1 saturated heterocycles. The van der Waals surface area contributed by atoms with Gasteiger partial charge in [-0.2, -0.15) is 0 Å². The third-order valence-electron chi connectivity index (χ3n) is 13.8. The molecule has 0 aromatic carbocycles. The Hall–Kier alpha value is -2.90. The fourth-order valence-electron chi connectivity index (χ4n) is 8.98. The van der Waals surface area contributed by atoms with E-state index < -0.39 is 67.4 Å². The minimum absolute atomic E-state index is 0.0947. The second kappa shape index (κ2) is 50.9.